The summed E-state index contributed by atoms with van der Waals surface area (Å²) in [7, 11) is 4.23. The van der Waals surface area contributed by atoms with Crippen molar-refractivity contribution < 1.29 is 33.3 Å². The van der Waals surface area contributed by atoms with Crippen molar-refractivity contribution in [2.75, 3.05) is 0 Å². The fraction of sp³-hybridized carbons (Fsp3) is 0.208. The molecule has 1 atom stereocenters. The fourth-order valence-electron chi connectivity index (χ4n) is 3.67. The van der Waals surface area contributed by atoms with E-state index in [0.29, 0.717) is 6.61 Å². The van der Waals surface area contributed by atoms with E-state index in [1.54, 1.807) is 0 Å². The predicted molar refractivity (Wildman–Crippen MR) is 108 cm³/mol. The van der Waals surface area contributed by atoms with Crippen LogP contribution in [0.15, 0.2) is 78.9 Å². The summed E-state index contributed by atoms with van der Waals surface area (Å²) in [6, 6.07) is 27.5. The monoisotopic (exact) mass is 484 g/mol. The lowest BCUT2D eigenvalue weighted by Crippen LogP contribution is -3.00. The van der Waals surface area contributed by atoms with E-state index in [9.17, 15) is 0 Å². The van der Waals surface area contributed by atoms with Crippen LogP contribution in [0.3, 0.4) is 0 Å². The second kappa shape index (κ2) is 8.88. The first-order chi connectivity index (χ1) is 13.1. The topological polar surface area (TPSA) is 18.0 Å². The molecule has 0 N–H and O–H groups in total. The Morgan fingerprint density at radius 1 is 0.893 bits per heavy atom. The van der Waals surface area contributed by atoms with E-state index >= 15 is 0 Å². The van der Waals surface area contributed by atoms with Crippen LogP contribution in [0.25, 0.3) is 11.0 Å². The van der Waals surface area contributed by atoms with Gasteiger partial charge in [0.25, 0.3) is 5.82 Å². The summed E-state index contributed by atoms with van der Waals surface area (Å²) in [5.41, 5.74) is 6.01. The number of fused-ring (bicyclic) bond motifs is 1. The molecule has 0 saturated heterocycles. The van der Waals surface area contributed by atoms with Crippen LogP contribution < -0.4 is 28.5 Å². The Morgan fingerprint density at radius 3 is 2.21 bits per heavy atom. The molecule has 0 fully saturated rings. The van der Waals surface area contributed by atoms with E-state index in [-0.39, 0.29) is 30.1 Å². The molecule has 0 spiro atoms. The van der Waals surface area contributed by atoms with Gasteiger partial charge in [-0.15, -0.1) is 0 Å². The van der Waals surface area contributed by atoms with Crippen LogP contribution in [0.4, 0.5) is 0 Å². The fourth-order valence-corrected chi connectivity index (χ4v) is 3.67. The predicted octanol–water partition coefficient (Wildman–Crippen LogP) is 1.62. The molecule has 3 nitrogen and oxygen atoms in total. The first kappa shape index (κ1) is 20.6. The molecule has 4 rings (SSSR count). The smallest absolute Gasteiger partial charge is 0.291 e. The van der Waals surface area contributed by atoms with E-state index in [4.69, 9.17) is 4.74 Å². The summed E-state index contributed by atoms with van der Waals surface area (Å²) in [5, 5.41) is 0. The molecular formula is C24H25IN2O. The Balaban J connectivity index is 0.00000225. The highest BCUT2D eigenvalue weighted by Gasteiger charge is 2.30. The highest BCUT2D eigenvalue weighted by Crippen LogP contribution is 2.27. The summed E-state index contributed by atoms with van der Waals surface area (Å²) >= 11 is 0. The molecule has 0 aliphatic rings. The maximum atomic E-state index is 6.49. The maximum Gasteiger partial charge on any atom is 0.291 e. The molecule has 0 aliphatic heterocycles. The van der Waals surface area contributed by atoms with E-state index < -0.39 is 0 Å². The minimum atomic E-state index is -0.144. The summed E-state index contributed by atoms with van der Waals surface area (Å²) < 4.78 is 11.0. The molecule has 0 aliphatic carbocycles. The van der Waals surface area contributed by atoms with Gasteiger partial charge >= 0.3 is 0 Å². The van der Waals surface area contributed by atoms with Crippen LogP contribution in [-0.4, -0.2) is 4.57 Å². The number of ether oxygens (including phenoxy) is 1. The SMILES string of the molecule is Cc1ccc(COC(c2ccccc2)c2n(C)c3ccccc3[n+]2C)cc1.[I-]. The van der Waals surface area contributed by atoms with Crippen molar-refractivity contribution in [2.24, 2.45) is 14.1 Å². The molecule has 28 heavy (non-hydrogen) atoms. The van der Waals surface area contributed by atoms with Gasteiger partial charge in [-0.1, -0.05) is 72.3 Å². The molecule has 1 unspecified atom stereocenters. The number of imidazole rings is 1. The van der Waals surface area contributed by atoms with Crippen molar-refractivity contribution in [1.29, 1.82) is 0 Å². The average molecular weight is 484 g/mol. The lowest BCUT2D eigenvalue weighted by molar-refractivity contribution is -0.657. The lowest BCUT2D eigenvalue weighted by Gasteiger charge is -2.16. The Morgan fingerprint density at radius 2 is 1.54 bits per heavy atom. The lowest BCUT2D eigenvalue weighted by atomic mass is 10.1. The summed E-state index contributed by atoms with van der Waals surface area (Å²) in [6.45, 7) is 2.67. The maximum absolute atomic E-state index is 6.49. The van der Waals surface area contributed by atoms with Crippen molar-refractivity contribution in [1.82, 2.24) is 4.57 Å². The first-order valence-corrected chi connectivity index (χ1v) is 9.30. The molecule has 4 aromatic rings. The molecule has 0 amide bonds. The van der Waals surface area contributed by atoms with Crippen molar-refractivity contribution in [3.05, 3.63) is 101 Å². The summed E-state index contributed by atoms with van der Waals surface area (Å²) in [5.74, 6) is 1.13. The van der Waals surface area contributed by atoms with Gasteiger partial charge in [0.15, 0.2) is 17.1 Å². The average Bonchev–Trinajstić information content (AvgIpc) is 2.96. The highest BCUT2D eigenvalue weighted by molar-refractivity contribution is 5.72. The van der Waals surface area contributed by atoms with Gasteiger partial charge in [0.2, 0.25) is 0 Å². The Hall–Kier alpha value is -2.18. The third kappa shape index (κ3) is 3.98. The molecular weight excluding hydrogens is 459 g/mol. The zero-order valence-electron chi connectivity index (χ0n) is 16.5. The Kier molecular flexibility index (Phi) is 6.52. The summed E-state index contributed by atoms with van der Waals surface area (Å²) in [6.07, 6.45) is -0.144. The number of hydrogen-bond acceptors (Lipinski definition) is 1. The van der Waals surface area contributed by atoms with Gasteiger partial charge in [0, 0.05) is 0 Å². The number of aromatic nitrogens is 2. The number of aryl methyl sites for hydroxylation is 3. The Bertz CT molecular complexity index is 1020. The molecule has 1 aromatic heterocycles. The third-order valence-corrected chi connectivity index (χ3v) is 5.17. The number of benzene rings is 3. The van der Waals surface area contributed by atoms with E-state index in [1.807, 2.05) is 6.07 Å². The van der Waals surface area contributed by atoms with Crippen molar-refractivity contribution in [3.8, 4) is 0 Å². The van der Waals surface area contributed by atoms with Crippen LogP contribution in [-0.2, 0) is 25.4 Å². The number of hydrogen-bond donors (Lipinski definition) is 0. The number of para-hydroxylation sites is 2. The van der Waals surface area contributed by atoms with Gasteiger partial charge in [-0.2, -0.15) is 0 Å². The largest absolute Gasteiger partial charge is 1.00 e. The zero-order chi connectivity index (χ0) is 18.8. The molecule has 0 radical (unpaired) electrons. The number of nitrogens with zero attached hydrogens (tertiary/aromatic N) is 2. The van der Waals surface area contributed by atoms with Crippen LogP contribution in [0.2, 0.25) is 0 Å². The van der Waals surface area contributed by atoms with Gasteiger partial charge in [0.1, 0.15) is 0 Å². The van der Waals surface area contributed by atoms with Gasteiger partial charge in [-0.3, -0.25) is 0 Å². The summed E-state index contributed by atoms with van der Waals surface area (Å²) in [4.78, 5) is 0. The van der Waals surface area contributed by atoms with Gasteiger partial charge in [0.05, 0.1) is 20.7 Å². The van der Waals surface area contributed by atoms with Crippen LogP contribution in [0.5, 0.6) is 0 Å². The van der Waals surface area contributed by atoms with Crippen molar-refractivity contribution >= 4 is 11.0 Å². The minimum Gasteiger partial charge on any atom is -1.00 e. The molecule has 0 bridgehead atoms. The standard InChI is InChI=1S/C24H25N2O.HI/c1-18-13-15-19(16-14-18)17-27-23(20-9-5-4-6-10-20)24-25(2)21-11-7-8-12-22(21)26(24)3;/h4-16,23H,17H2,1-3H3;1H/q+1;/p-1. The molecule has 4 heteroatoms. The van der Waals surface area contributed by atoms with E-state index in [2.05, 4.69) is 103 Å². The Labute approximate surface area is 183 Å². The molecule has 3 aromatic carbocycles. The molecule has 0 saturated carbocycles. The normalized spacial score (nSPS) is 12.0. The first-order valence-electron chi connectivity index (χ1n) is 9.30. The second-order valence-electron chi connectivity index (χ2n) is 7.05. The van der Waals surface area contributed by atoms with Crippen molar-refractivity contribution in [2.45, 2.75) is 19.6 Å². The van der Waals surface area contributed by atoms with Gasteiger partial charge in [-0.25, -0.2) is 9.13 Å². The molecule has 144 valence electrons. The zero-order valence-corrected chi connectivity index (χ0v) is 18.6. The van der Waals surface area contributed by atoms with E-state index in [1.165, 1.54) is 22.2 Å². The number of rotatable bonds is 5. The van der Waals surface area contributed by atoms with Gasteiger partial charge < -0.3 is 28.7 Å². The van der Waals surface area contributed by atoms with Crippen LogP contribution >= 0.6 is 0 Å². The quantitative estimate of drug-likeness (QED) is 0.311. The second-order valence-corrected chi connectivity index (χ2v) is 7.05. The molecule has 1 heterocycles. The minimum absolute atomic E-state index is 0. The van der Waals surface area contributed by atoms with Gasteiger partial charge in [-0.05, 0) is 30.2 Å². The third-order valence-electron chi connectivity index (χ3n) is 5.17. The highest BCUT2D eigenvalue weighted by atomic mass is 127. The van der Waals surface area contributed by atoms with E-state index in [0.717, 1.165) is 11.4 Å². The number of halogens is 1. The van der Waals surface area contributed by atoms with Crippen LogP contribution in [0, 0.1) is 6.92 Å². The van der Waals surface area contributed by atoms with Crippen LogP contribution in [0.1, 0.15) is 28.6 Å². The van der Waals surface area contributed by atoms with Crippen molar-refractivity contribution in [3.63, 3.8) is 0 Å².